The van der Waals surface area contributed by atoms with Gasteiger partial charge in [0.25, 0.3) is 0 Å². The van der Waals surface area contributed by atoms with Gasteiger partial charge in [0, 0.05) is 19.2 Å². The van der Waals surface area contributed by atoms with Crippen molar-refractivity contribution in [1.29, 1.82) is 0 Å². The van der Waals surface area contributed by atoms with E-state index in [1.54, 1.807) is 21.9 Å². The first-order valence-corrected chi connectivity index (χ1v) is 6.83. The third-order valence-corrected chi connectivity index (χ3v) is 3.69. The van der Waals surface area contributed by atoms with Crippen LogP contribution in [0, 0.1) is 0 Å². The van der Waals surface area contributed by atoms with E-state index in [9.17, 15) is 0 Å². The molecule has 3 heterocycles. The third-order valence-electron chi connectivity index (χ3n) is 3.69. The van der Waals surface area contributed by atoms with Gasteiger partial charge in [0.1, 0.15) is 5.69 Å². The molecule has 22 heavy (non-hydrogen) atoms. The summed E-state index contributed by atoms with van der Waals surface area (Å²) in [5.74, 6) is 0. The van der Waals surface area contributed by atoms with Crippen LogP contribution in [-0.4, -0.2) is 34.7 Å². The minimum absolute atomic E-state index is 0.402. The van der Waals surface area contributed by atoms with Gasteiger partial charge in [-0.05, 0) is 18.2 Å². The van der Waals surface area contributed by atoms with Gasteiger partial charge in [0.05, 0.1) is 41.1 Å². The highest BCUT2D eigenvalue weighted by Gasteiger charge is 2.13. The van der Waals surface area contributed by atoms with Crippen molar-refractivity contribution < 1.29 is 0 Å². The van der Waals surface area contributed by atoms with Crippen molar-refractivity contribution in [3.05, 3.63) is 42.6 Å². The molecule has 0 saturated heterocycles. The van der Waals surface area contributed by atoms with E-state index in [4.69, 9.17) is 5.73 Å². The maximum absolute atomic E-state index is 5.77. The Bertz CT molecular complexity index is 945. The number of aryl methyl sites for hydroxylation is 1. The van der Waals surface area contributed by atoms with Gasteiger partial charge < -0.3 is 10.7 Å². The Morgan fingerprint density at radius 2 is 2.23 bits per heavy atom. The van der Waals surface area contributed by atoms with Gasteiger partial charge >= 0.3 is 0 Å². The second-order valence-electron chi connectivity index (χ2n) is 4.99. The van der Waals surface area contributed by atoms with Crippen LogP contribution in [-0.2, 0) is 13.6 Å². The number of nitrogens with two attached hydrogens (primary N) is 1. The molecular weight excluding hydrogens is 280 g/mol. The number of benzene rings is 1. The standard InChI is InChI=1S/C14H14N8/c1-21-14(5-15)10(6-18-21)13-7-22(20-19-13)9-2-3-11-12(4-9)17-8-16-11/h2-4,6-8H,5,15H2,1H3,(H,16,17). The van der Waals surface area contributed by atoms with Crippen LogP contribution in [0.4, 0.5) is 0 Å². The Morgan fingerprint density at radius 3 is 3.09 bits per heavy atom. The molecule has 4 aromatic rings. The van der Waals surface area contributed by atoms with E-state index < -0.39 is 0 Å². The molecule has 0 saturated carbocycles. The summed E-state index contributed by atoms with van der Waals surface area (Å²) in [4.78, 5) is 7.29. The van der Waals surface area contributed by atoms with Crippen LogP contribution in [0.15, 0.2) is 36.9 Å². The highest BCUT2D eigenvalue weighted by Crippen LogP contribution is 2.22. The number of nitrogens with zero attached hydrogens (tertiary/aromatic N) is 6. The predicted octanol–water partition coefficient (Wildman–Crippen LogP) is 1.00. The first-order valence-electron chi connectivity index (χ1n) is 6.83. The van der Waals surface area contributed by atoms with Crippen molar-refractivity contribution in [2.24, 2.45) is 12.8 Å². The highest BCUT2D eigenvalue weighted by molar-refractivity contribution is 5.76. The normalized spacial score (nSPS) is 11.4. The highest BCUT2D eigenvalue weighted by atomic mass is 15.4. The second-order valence-corrected chi connectivity index (χ2v) is 4.99. The molecule has 3 N–H and O–H groups in total. The molecular formula is C14H14N8. The minimum Gasteiger partial charge on any atom is -0.345 e. The van der Waals surface area contributed by atoms with E-state index in [2.05, 4.69) is 25.4 Å². The van der Waals surface area contributed by atoms with Crippen molar-refractivity contribution in [1.82, 2.24) is 34.7 Å². The topological polar surface area (TPSA) is 103 Å². The monoisotopic (exact) mass is 294 g/mol. The van der Waals surface area contributed by atoms with Crippen molar-refractivity contribution in [3.8, 4) is 16.9 Å². The number of imidazole rings is 1. The van der Waals surface area contributed by atoms with Crippen LogP contribution >= 0.6 is 0 Å². The quantitative estimate of drug-likeness (QED) is 0.587. The Kier molecular flexibility index (Phi) is 2.76. The van der Waals surface area contributed by atoms with E-state index in [1.807, 2.05) is 31.4 Å². The Balaban J connectivity index is 1.77. The molecule has 0 aliphatic heterocycles. The molecule has 0 radical (unpaired) electrons. The van der Waals surface area contributed by atoms with Gasteiger partial charge in [0.15, 0.2) is 0 Å². The van der Waals surface area contributed by atoms with Crippen molar-refractivity contribution in [3.63, 3.8) is 0 Å². The van der Waals surface area contributed by atoms with Gasteiger partial charge in [0.2, 0.25) is 0 Å². The summed E-state index contributed by atoms with van der Waals surface area (Å²) in [6, 6.07) is 5.88. The molecule has 0 atom stereocenters. The zero-order chi connectivity index (χ0) is 15.1. The number of fused-ring (bicyclic) bond motifs is 1. The molecule has 4 rings (SSSR count). The first-order chi connectivity index (χ1) is 10.8. The summed E-state index contributed by atoms with van der Waals surface area (Å²) >= 11 is 0. The lowest BCUT2D eigenvalue weighted by molar-refractivity contribution is 0.712. The second kappa shape index (κ2) is 4.78. The average molecular weight is 294 g/mol. The van der Waals surface area contributed by atoms with E-state index in [-0.39, 0.29) is 0 Å². The van der Waals surface area contributed by atoms with Crippen molar-refractivity contribution >= 4 is 11.0 Å². The lowest BCUT2D eigenvalue weighted by atomic mass is 10.2. The van der Waals surface area contributed by atoms with Crippen molar-refractivity contribution in [2.75, 3.05) is 0 Å². The largest absolute Gasteiger partial charge is 0.345 e. The minimum atomic E-state index is 0.402. The van der Waals surface area contributed by atoms with E-state index >= 15 is 0 Å². The number of hydrogen-bond acceptors (Lipinski definition) is 5. The zero-order valence-corrected chi connectivity index (χ0v) is 11.9. The fourth-order valence-electron chi connectivity index (χ4n) is 2.50. The van der Waals surface area contributed by atoms with Gasteiger partial charge in [-0.1, -0.05) is 5.21 Å². The van der Waals surface area contributed by atoms with Crippen LogP contribution in [0.25, 0.3) is 28.0 Å². The van der Waals surface area contributed by atoms with E-state index in [1.165, 1.54) is 0 Å². The number of hydrogen-bond donors (Lipinski definition) is 2. The fourth-order valence-corrected chi connectivity index (χ4v) is 2.50. The zero-order valence-electron chi connectivity index (χ0n) is 11.9. The van der Waals surface area contributed by atoms with E-state index in [0.717, 1.165) is 33.7 Å². The van der Waals surface area contributed by atoms with Crippen LogP contribution in [0.1, 0.15) is 5.69 Å². The average Bonchev–Trinajstić information content (AvgIpc) is 3.25. The Hall–Kier alpha value is -3.00. The maximum atomic E-state index is 5.77. The molecule has 110 valence electrons. The molecule has 0 unspecified atom stereocenters. The molecule has 3 aromatic heterocycles. The molecule has 8 nitrogen and oxygen atoms in total. The Morgan fingerprint density at radius 1 is 1.32 bits per heavy atom. The number of rotatable bonds is 3. The summed E-state index contributed by atoms with van der Waals surface area (Å²) < 4.78 is 3.48. The van der Waals surface area contributed by atoms with Gasteiger partial charge in [-0.15, -0.1) is 5.10 Å². The number of aromatic amines is 1. The third kappa shape index (κ3) is 1.89. The summed E-state index contributed by atoms with van der Waals surface area (Å²) in [5.41, 5.74) is 11.1. The lowest BCUT2D eigenvalue weighted by Crippen LogP contribution is -2.05. The van der Waals surface area contributed by atoms with E-state index in [0.29, 0.717) is 6.54 Å². The van der Waals surface area contributed by atoms with Crippen molar-refractivity contribution in [2.45, 2.75) is 6.54 Å². The van der Waals surface area contributed by atoms with Crippen LogP contribution in [0.5, 0.6) is 0 Å². The van der Waals surface area contributed by atoms with Crippen LogP contribution < -0.4 is 5.73 Å². The number of H-pyrrole nitrogens is 1. The Labute approximate surface area is 125 Å². The number of aromatic nitrogens is 7. The molecule has 0 aliphatic rings. The molecule has 0 fully saturated rings. The van der Waals surface area contributed by atoms with Gasteiger partial charge in [-0.25, -0.2) is 9.67 Å². The molecule has 8 heteroatoms. The fraction of sp³-hybridized carbons (Fsp3) is 0.143. The summed E-state index contributed by atoms with van der Waals surface area (Å²) in [5, 5.41) is 12.7. The molecule has 0 spiro atoms. The van der Waals surface area contributed by atoms with Gasteiger partial charge in [-0.2, -0.15) is 5.10 Å². The molecule has 0 aliphatic carbocycles. The summed E-state index contributed by atoms with van der Waals surface area (Å²) in [7, 11) is 1.86. The predicted molar refractivity (Wildman–Crippen MR) is 81.1 cm³/mol. The molecule has 0 amide bonds. The summed E-state index contributed by atoms with van der Waals surface area (Å²) in [6.45, 7) is 0.402. The summed E-state index contributed by atoms with van der Waals surface area (Å²) in [6.07, 6.45) is 5.30. The lowest BCUT2D eigenvalue weighted by Gasteiger charge is -2.00. The number of nitrogens with one attached hydrogen (secondary N) is 1. The van der Waals surface area contributed by atoms with Crippen LogP contribution in [0.3, 0.4) is 0 Å². The maximum Gasteiger partial charge on any atom is 0.116 e. The van der Waals surface area contributed by atoms with Crippen LogP contribution in [0.2, 0.25) is 0 Å². The molecule has 0 bridgehead atoms. The smallest absolute Gasteiger partial charge is 0.116 e. The SMILES string of the molecule is Cn1ncc(-c2cn(-c3ccc4nc[nH]c4c3)nn2)c1CN. The first kappa shape index (κ1) is 12.7. The van der Waals surface area contributed by atoms with Gasteiger partial charge in [-0.3, -0.25) is 4.68 Å². The molecule has 1 aromatic carbocycles.